The van der Waals surface area contributed by atoms with Gasteiger partial charge in [-0.3, -0.25) is 9.88 Å². The van der Waals surface area contributed by atoms with Gasteiger partial charge in [0, 0.05) is 54.8 Å². The van der Waals surface area contributed by atoms with Crippen molar-refractivity contribution in [1.29, 1.82) is 5.26 Å². The van der Waals surface area contributed by atoms with E-state index in [1.54, 1.807) is 12.4 Å². The van der Waals surface area contributed by atoms with Crippen LogP contribution in [0.5, 0.6) is 17.2 Å². The zero-order valence-electron chi connectivity index (χ0n) is 31.3. The molecule has 0 saturated carbocycles. The molecule has 2 saturated heterocycles. The van der Waals surface area contributed by atoms with Crippen molar-refractivity contribution < 1.29 is 14.2 Å². The Bertz CT molecular complexity index is 1860. The molecular weight excluding hydrogens is 668 g/mol. The lowest BCUT2D eigenvalue weighted by Gasteiger charge is -2.33. The van der Waals surface area contributed by atoms with Crippen LogP contribution in [-0.2, 0) is 19.8 Å². The number of benzene rings is 3. The topological polar surface area (TPSA) is 70.8 Å². The Kier molecular flexibility index (Phi) is 13.1. The molecule has 52 heavy (non-hydrogen) atoms. The number of piperidine rings is 2. The maximum absolute atomic E-state index is 9.36. The molecule has 8 heteroatoms. The quantitative estimate of drug-likeness (QED) is 0.120. The van der Waals surface area contributed by atoms with Crippen molar-refractivity contribution in [2.45, 2.75) is 104 Å². The van der Waals surface area contributed by atoms with E-state index in [0.717, 1.165) is 65.4 Å². The van der Waals surface area contributed by atoms with E-state index >= 15 is 0 Å². The van der Waals surface area contributed by atoms with Gasteiger partial charge in [0.25, 0.3) is 0 Å². The number of nitrogens with zero attached hydrogens (tertiary/aromatic N) is 4. The van der Waals surface area contributed by atoms with Gasteiger partial charge in [-0.05, 0) is 119 Å². The maximum Gasteiger partial charge on any atom is 0.142 e. The molecule has 1 unspecified atom stereocenters. The molecule has 4 aromatic rings. The van der Waals surface area contributed by atoms with Crippen LogP contribution in [0.3, 0.4) is 0 Å². The highest BCUT2D eigenvalue weighted by Gasteiger charge is 2.22. The zero-order chi connectivity index (χ0) is 36.5. The lowest BCUT2D eigenvalue weighted by Crippen LogP contribution is -2.38. The summed E-state index contributed by atoms with van der Waals surface area (Å²) < 4.78 is 19.2. The molecule has 0 amide bonds. The number of pyridine rings is 1. The Hall–Kier alpha value is -4.09. The minimum absolute atomic E-state index is 0.285. The molecule has 0 spiro atoms. The van der Waals surface area contributed by atoms with Crippen LogP contribution in [-0.4, -0.2) is 53.1 Å². The van der Waals surface area contributed by atoms with E-state index in [-0.39, 0.29) is 6.61 Å². The number of likely N-dealkylation sites (tertiary alicyclic amines) is 2. The molecule has 3 aromatic carbocycles. The predicted octanol–water partition coefficient (Wildman–Crippen LogP) is 10.1. The van der Waals surface area contributed by atoms with Crippen LogP contribution < -0.4 is 14.2 Å². The molecule has 1 aromatic heterocycles. The molecule has 0 aliphatic carbocycles. The summed E-state index contributed by atoms with van der Waals surface area (Å²) >= 11 is 6.93. The Labute approximate surface area is 315 Å². The van der Waals surface area contributed by atoms with Crippen LogP contribution in [0, 0.1) is 25.2 Å². The fraction of sp³-hybridized carbons (Fsp3) is 0.455. The van der Waals surface area contributed by atoms with Gasteiger partial charge in [-0.2, -0.15) is 5.26 Å². The third-order valence-corrected chi connectivity index (χ3v) is 11.2. The minimum atomic E-state index is 0.285. The molecule has 0 radical (unpaired) electrons. The fourth-order valence-electron chi connectivity index (χ4n) is 7.63. The first-order chi connectivity index (χ1) is 25.3. The van der Waals surface area contributed by atoms with E-state index in [0.29, 0.717) is 41.6 Å². The van der Waals surface area contributed by atoms with Gasteiger partial charge >= 0.3 is 0 Å². The molecule has 0 bridgehead atoms. The highest BCUT2D eigenvalue weighted by atomic mass is 35.5. The molecule has 2 fully saturated rings. The van der Waals surface area contributed by atoms with Gasteiger partial charge in [0.15, 0.2) is 0 Å². The average molecular weight is 721 g/mol. The monoisotopic (exact) mass is 720 g/mol. The van der Waals surface area contributed by atoms with E-state index in [4.69, 9.17) is 25.8 Å². The summed E-state index contributed by atoms with van der Waals surface area (Å²) in [5, 5.41) is 9.92. The normalized spacial score (nSPS) is 18.2. The van der Waals surface area contributed by atoms with E-state index in [1.807, 2.05) is 18.2 Å². The second-order valence-electron chi connectivity index (χ2n) is 14.6. The number of aromatic nitrogens is 1. The van der Waals surface area contributed by atoms with Crippen molar-refractivity contribution in [3.63, 3.8) is 0 Å². The highest BCUT2D eigenvalue weighted by molar-refractivity contribution is 6.32. The van der Waals surface area contributed by atoms with E-state index < -0.39 is 0 Å². The van der Waals surface area contributed by atoms with Gasteiger partial charge in [0.1, 0.15) is 36.5 Å². The van der Waals surface area contributed by atoms with Crippen LogP contribution in [0.1, 0.15) is 92.2 Å². The largest absolute Gasteiger partial charge is 0.493 e. The summed E-state index contributed by atoms with van der Waals surface area (Å²) in [6, 6.07) is 21.8. The van der Waals surface area contributed by atoms with Crippen LogP contribution >= 0.6 is 11.6 Å². The van der Waals surface area contributed by atoms with Crippen molar-refractivity contribution in [1.82, 2.24) is 14.8 Å². The Morgan fingerprint density at radius 3 is 2.23 bits per heavy atom. The van der Waals surface area contributed by atoms with Gasteiger partial charge in [-0.1, -0.05) is 54.8 Å². The molecule has 2 aliphatic rings. The maximum atomic E-state index is 9.36. The van der Waals surface area contributed by atoms with Gasteiger partial charge < -0.3 is 19.1 Å². The lowest BCUT2D eigenvalue weighted by molar-refractivity contribution is 0.148. The van der Waals surface area contributed by atoms with E-state index in [9.17, 15) is 5.26 Å². The minimum Gasteiger partial charge on any atom is -0.493 e. The SMILES string of the molecule is Cc1c(COc2cc(OCc3cncc(C#N)c3)c(CN3CCCC[C@H]3C)cc2Cl)cccc1-c1cccc(OCCCN2CCCCC2C)c1C. The summed E-state index contributed by atoms with van der Waals surface area (Å²) in [4.78, 5) is 9.30. The zero-order valence-corrected chi connectivity index (χ0v) is 32.1. The van der Waals surface area contributed by atoms with Gasteiger partial charge in [0.2, 0.25) is 0 Å². The van der Waals surface area contributed by atoms with Crippen LogP contribution in [0.4, 0.5) is 0 Å². The number of halogens is 1. The summed E-state index contributed by atoms with van der Waals surface area (Å²) in [6.45, 7) is 14.4. The molecular formula is C44H53ClN4O3. The van der Waals surface area contributed by atoms with Gasteiger partial charge in [0.05, 0.1) is 17.2 Å². The molecule has 7 nitrogen and oxygen atoms in total. The number of rotatable bonds is 14. The Morgan fingerprint density at radius 2 is 1.48 bits per heavy atom. The molecule has 3 heterocycles. The number of hydrogen-bond acceptors (Lipinski definition) is 7. The lowest BCUT2D eigenvalue weighted by atomic mass is 9.93. The first-order valence-corrected chi connectivity index (χ1v) is 19.4. The van der Waals surface area contributed by atoms with E-state index in [1.165, 1.54) is 56.2 Å². The fourth-order valence-corrected chi connectivity index (χ4v) is 7.87. The Balaban J connectivity index is 1.16. The predicted molar refractivity (Wildman–Crippen MR) is 209 cm³/mol. The molecule has 2 atom stereocenters. The summed E-state index contributed by atoms with van der Waals surface area (Å²) in [6.07, 6.45) is 11.9. The highest BCUT2D eigenvalue weighted by Crippen LogP contribution is 2.37. The first-order valence-electron chi connectivity index (χ1n) is 19.0. The molecule has 2 aliphatic heterocycles. The third-order valence-electron chi connectivity index (χ3n) is 10.9. The van der Waals surface area contributed by atoms with E-state index in [2.05, 4.69) is 84.9 Å². The van der Waals surface area contributed by atoms with Crippen molar-refractivity contribution in [2.24, 2.45) is 0 Å². The third kappa shape index (κ3) is 9.46. The summed E-state index contributed by atoms with van der Waals surface area (Å²) in [7, 11) is 0. The van der Waals surface area contributed by atoms with Crippen molar-refractivity contribution in [3.05, 3.63) is 105 Å². The van der Waals surface area contributed by atoms with Crippen molar-refractivity contribution in [3.8, 4) is 34.4 Å². The summed E-state index contributed by atoms with van der Waals surface area (Å²) in [5.74, 6) is 2.24. The van der Waals surface area contributed by atoms with Crippen LogP contribution in [0.15, 0.2) is 67.0 Å². The van der Waals surface area contributed by atoms with Crippen molar-refractivity contribution in [2.75, 3.05) is 26.2 Å². The number of nitriles is 1. The average Bonchev–Trinajstić information content (AvgIpc) is 3.15. The Morgan fingerprint density at radius 1 is 0.769 bits per heavy atom. The van der Waals surface area contributed by atoms with Crippen molar-refractivity contribution >= 4 is 11.6 Å². The standard InChI is InChI=1S/C44H53ClN4O3/c1-31-12-5-7-18-48(31)20-11-21-50-42-17-10-16-40(34(42)4)39-15-9-14-37(33(39)3)30-52-44-24-43(51-29-36-22-35(25-46)26-47-27-36)38(23-41(44)45)28-49-19-8-6-13-32(49)2/h9-10,14-17,22-24,26-27,31-32H,5-8,11-13,18-21,28-30H2,1-4H3/t31?,32-/m1/s1. The molecule has 274 valence electrons. The second-order valence-corrected chi connectivity index (χ2v) is 15.0. The molecule has 6 rings (SSSR count). The van der Waals surface area contributed by atoms with Gasteiger partial charge in [-0.15, -0.1) is 0 Å². The number of hydrogen-bond donors (Lipinski definition) is 0. The second kappa shape index (κ2) is 18.1. The smallest absolute Gasteiger partial charge is 0.142 e. The first kappa shape index (κ1) is 37.7. The number of ether oxygens (including phenoxy) is 3. The van der Waals surface area contributed by atoms with Crippen LogP contribution in [0.25, 0.3) is 11.1 Å². The van der Waals surface area contributed by atoms with Crippen LogP contribution in [0.2, 0.25) is 5.02 Å². The molecule has 0 N–H and O–H groups in total. The van der Waals surface area contributed by atoms with Gasteiger partial charge in [-0.25, -0.2) is 0 Å². The summed E-state index contributed by atoms with van der Waals surface area (Å²) in [5.41, 5.74) is 8.09.